The zero-order valence-electron chi connectivity index (χ0n) is 11.3. The van der Waals surface area contributed by atoms with E-state index in [0.29, 0.717) is 16.5 Å². The van der Waals surface area contributed by atoms with Crippen molar-refractivity contribution in [3.63, 3.8) is 0 Å². The predicted octanol–water partition coefficient (Wildman–Crippen LogP) is 1.93. The maximum absolute atomic E-state index is 12.1. The van der Waals surface area contributed by atoms with Gasteiger partial charge in [-0.15, -0.1) is 11.3 Å². The highest BCUT2D eigenvalue weighted by Crippen LogP contribution is 2.17. The molecule has 0 aliphatic carbocycles. The minimum absolute atomic E-state index is 0.105. The van der Waals surface area contributed by atoms with Crippen LogP contribution in [0.15, 0.2) is 23.7 Å². The third-order valence-corrected chi connectivity index (χ3v) is 3.53. The Labute approximate surface area is 120 Å². The van der Waals surface area contributed by atoms with Crippen molar-refractivity contribution in [3.8, 4) is 0 Å². The van der Waals surface area contributed by atoms with Gasteiger partial charge in [0, 0.05) is 18.1 Å². The van der Waals surface area contributed by atoms with Gasteiger partial charge >= 0.3 is 5.97 Å². The number of methoxy groups -OCH3 is 1. The number of anilines is 1. The predicted molar refractivity (Wildman–Crippen MR) is 75.9 cm³/mol. The molecule has 0 atom stereocenters. The van der Waals surface area contributed by atoms with Crippen molar-refractivity contribution in [1.29, 1.82) is 0 Å². The Morgan fingerprint density at radius 1 is 1.50 bits per heavy atom. The molecule has 0 saturated heterocycles. The second-order valence-corrected chi connectivity index (χ2v) is 4.89. The Bertz CT molecular complexity index is 618. The number of nitrogens with one attached hydrogen (secondary N) is 1. The van der Waals surface area contributed by atoms with Crippen LogP contribution in [0.3, 0.4) is 0 Å². The van der Waals surface area contributed by atoms with Crippen LogP contribution >= 0.6 is 11.3 Å². The maximum Gasteiger partial charge on any atom is 0.311 e. The largest absolute Gasteiger partial charge is 0.469 e. The van der Waals surface area contributed by atoms with Crippen LogP contribution in [0.2, 0.25) is 0 Å². The molecule has 0 aliphatic rings. The van der Waals surface area contributed by atoms with Crippen LogP contribution in [0.5, 0.6) is 0 Å². The molecule has 0 aliphatic heterocycles. The molecule has 7 heteroatoms. The Kier molecular flexibility index (Phi) is 4.52. The number of rotatable bonds is 5. The van der Waals surface area contributed by atoms with Gasteiger partial charge in [-0.05, 0) is 19.1 Å². The molecule has 0 saturated carbocycles. The summed E-state index contributed by atoms with van der Waals surface area (Å²) in [5.41, 5.74) is 1.17. The van der Waals surface area contributed by atoms with Crippen molar-refractivity contribution in [1.82, 2.24) is 9.55 Å². The van der Waals surface area contributed by atoms with Crippen LogP contribution in [0, 0.1) is 0 Å². The molecule has 0 unspecified atom stereocenters. The van der Waals surface area contributed by atoms with Gasteiger partial charge in [-0.2, -0.15) is 0 Å². The summed E-state index contributed by atoms with van der Waals surface area (Å²) in [6.07, 6.45) is 1.95. The van der Waals surface area contributed by atoms with E-state index < -0.39 is 0 Å². The van der Waals surface area contributed by atoms with Crippen molar-refractivity contribution in [3.05, 3.63) is 35.1 Å². The van der Waals surface area contributed by atoms with Crippen molar-refractivity contribution in [2.75, 3.05) is 12.4 Å². The van der Waals surface area contributed by atoms with Crippen LogP contribution in [-0.4, -0.2) is 28.5 Å². The maximum atomic E-state index is 12.1. The number of carbonyl (C=O) groups is 2. The van der Waals surface area contributed by atoms with Crippen LogP contribution in [-0.2, 0) is 22.5 Å². The molecule has 6 nitrogen and oxygen atoms in total. The van der Waals surface area contributed by atoms with E-state index in [2.05, 4.69) is 15.0 Å². The molecule has 1 N–H and O–H groups in total. The van der Waals surface area contributed by atoms with Gasteiger partial charge in [0.05, 0.1) is 19.2 Å². The standard InChI is InChI=1S/C13H15N3O3S/c1-3-16-6-4-5-10(16)12(18)15-13-14-9(8-20-13)7-11(17)19-2/h4-6,8H,3,7H2,1-2H3,(H,14,15,18). The van der Waals surface area contributed by atoms with Gasteiger partial charge in [0.1, 0.15) is 5.69 Å². The summed E-state index contributed by atoms with van der Waals surface area (Å²) in [5.74, 6) is -0.566. The van der Waals surface area contributed by atoms with Gasteiger partial charge in [-0.25, -0.2) is 4.98 Å². The lowest BCUT2D eigenvalue weighted by Gasteiger charge is -2.05. The summed E-state index contributed by atoms with van der Waals surface area (Å²) in [6, 6.07) is 3.57. The van der Waals surface area contributed by atoms with Crippen molar-refractivity contribution in [2.24, 2.45) is 0 Å². The van der Waals surface area contributed by atoms with E-state index in [1.807, 2.05) is 23.8 Å². The monoisotopic (exact) mass is 293 g/mol. The normalized spacial score (nSPS) is 10.3. The highest BCUT2D eigenvalue weighted by Gasteiger charge is 2.13. The summed E-state index contributed by atoms with van der Waals surface area (Å²) >= 11 is 1.28. The van der Waals surface area contributed by atoms with Gasteiger partial charge in [0.15, 0.2) is 5.13 Å². The first-order chi connectivity index (χ1) is 9.63. The van der Waals surface area contributed by atoms with E-state index in [1.54, 1.807) is 11.4 Å². The Hall–Kier alpha value is -2.15. The number of esters is 1. The minimum atomic E-state index is -0.354. The number of aryl methyl sites for hydroxylation is 1. The third kappa shape index (κ3) is 3.24. The van der Waals surface area contributed by atoms with E-state index in [1.165, 1.54) is 18.4 Å². The molecule has 0 fully saturated rings. The fraction of sp³-hybridized carbons (Fsp3) is 0.308. The molecule has 2 aromatic heterocycles. The number of hydrogen-bond donors (Lipinski definition) is 1. The van der Waals surface area contributed by atoms with E-state index in [4.69, 9.17) is 0 Å². The summed E-state index contributed by atoms with van der Waals surface area (Å²) < 4.78 is 6.41. The first kappa shape index (κ1) is 14.3. The number of hydrogen-bond acceptors (Lipinski definition) is 5. The van der Waals surface area contributed by atoms with Crippen LogP contribution in [0.25, 0.3) is 0 Å². The quantitative estimate of drug-likeness (QED) is 0.855. The molecule has 1 amide bonds. The molecule has 0 aromatic carbocycles. The Balaban J connectivity index is 2.03. The molecule has 0 spiro atoms. The average Bonchev–Trinajstić information content (AvgIpc) is 3.07. The van der Waals surface area contributed by atoms with E-state index in [0.717, 1.165) is 6.54 Å². The molecule has 0 bridgehead atoms. The Morgan fingerprint density at radius 3 is 3.00 bits per heavy atom. The molecule has 2 aromatic rings. The Morgan fingerprint density at radius 2 is 2.30 bits per heavy atom. The molecule has 20 heavy (non-hydrogen) atoms. The summed E-state index contributed by atoms with van der Waals surface area (Å²) in [6.45, 7) is 2.69. The number of amides is 1. The second-order valence-electron chi connectivity index (χ2n) is 4.03. The highest BCUT2D eigenvalue weighted by atomic mass is 32.1. The van der Waals surface area contributed by atoms with Gasteiger partial charge < -0.3 is 9.30 Å². The molecule has 2 rings (SSSR count). The lowest BCUT2D eigenvalue weighted by molar-refractivity contribution is -0.139. The lowest BCUT2D eigenvalue weighted by Crippen LogP contribution is -2.16. The molecule has 0 radical (unpaired) electrons. The van der Waals surface area contributed by atoms with Crippen molar-refractivity contribution in [2.45, 2.75) is 19.9 Å². The van der Waals surface area contributed by atoms with E-state index in [-0.39, 0.29) is 18.3 Å². The minimum Gasteiger partial charge on any atom is -0.469 e. The van der Waals surface area contributed by atoms with E-state index in [9.17, 15) is 9.59 Å². The number of carbonyl (C=O) groups excluding carboxylic acids is 2. The summed E-state index contributed by atoms with van der Waals surface area (Å²) in [5, 5.41) is 4.92. The van der Waals surface area contributed by atoms with Gasteiger partial charge in [0.25, 0.3) is 5.91 Å². The topological polar surface area (TPSA) is 73.2 Å². The number of aromatic nitrogens is 2. The first-order valence-electron chi connectivity index (χ1n) is 6.11. The zero-order chi connectivity index (χ0) is 14.5. The second kappa shape index (κ2) is 6.33. The highest BCUT2D eigenvalue weighted by molar-refractivity contribution is 7.14. The number of thiazole rings is 1. The smallest absolute Gasteiger partial charge is 0.311 e. The van der Waals surface area contributed by atoms with Crippen LogP contribution in [0.1, 0.15) is 23.1 Å². The summed E-state index contributed by atoms with van der Waals surface area (Å²) in [7, 11) is 1.33. The average molecular weight is 293 g/mol. The van der Waals surface area contributed by atoms with Crippen molar-refractivity contribution >= 4 is 28.3 Å². The van der Waals surface area contributed by atoms with Crippen LogP contribution < -0.4 is 5.32 Å². The number of ether oxygens (including phenoxy) is 1. The lowest BCUT2D eigenvalue weighted by atomic mass is 10.3. The number of nitrogens with zero attached hydrogens (tertiary/aromatic N) is 2. The molecular weight excluding hydrogens is 278 g/mol. The molecule has 106 valence electrons. The SMILES string of the molecule is CCn1cccc1C(=O)Nc1nc(CC(=O)OC)cs1. The van der Waals surface area contributed by atoms with Gasteiger partial charge in [-0.1, -0.05) is 0 Å². The fourth-order valence-electron chi connectivity index (χ4n) is 1.72. The van der Waals surface area contributed by atoms with Gasteiger partial charge in [0.2, 0.25) is 0 Å². The molecular formula is C13H15N3O3S. The van der Waals surface area contributed by atoms with Crippen LogP contribution in [0.4, 0.5) is 5.13 Å². The molecule has 2 heterocycles. The zero-order valence-corrected chi connectivity index (χ0v) is 12.1. The fourth-order valence-corrected chi connectivity index (χ4v) is 2.43. The third-order valence-electron chi connectivity index (χ3n) is 2.73. The van der Waals surface area contributed by atoms with Gasteiger partial charge in [-0.3, -0.25) is 14.9 Å². The van der Waals surface area contributed by atoms with E-state index >= 15 is 0 Å². The summed E-state index contributed by atoms with van der Waals surface area (Å²) in [4.78, 5) is 27.4. The van der Waals surface area contributed by atoms with Crippen molar-refractivity contribution < 1.29 is 14.3 Å². The first-order valence-corrected chi connectivity index (χ1v) is 6.99.